The van der Waals surface area contributed by atoms with E-state index in [0.717, 1.165) is 25.2 Å². The number of piperidine rings is 1. The van der Waals surface area contributed by atoms with Gasteiger partial charge in [-0.2, -0.15) is 5.10 Å². The predicted octanol–water partition coefficient (Wildman–Crippen LogP) is 2.47. The zero-order valence-corrected chi connectivity index (χ0v) is 14.8. The molecule has 3 aromatic rings. The van der Waals surface area contributed by atoms with Crippen molar-refractivity contribution >= 4 is 11.8 Å². The van der Waals surface area contributed by atoms with E-state index in [4.69, 9.17) is 4.98 Å². The molecule has 0 aromatic carbocycles. The molecule has 1 aliphatic rings. The van der Waals surface area contributed by atoms with E-state index in [1.165, 1.54) is 18.4 Å². The number of nitrogens with zero attached hydrogens (tertiary/aromatic N) is 7. The molecule has 4 rings (SSSR count). The minimum absolute atomic E-state index is 0.286. The number of hydrogen-bond donors (Lipinski definition) is 1. The first-order valence-electron chi connectivity index (χ1n) is 8.85. The summed E-state index contributed by atoms with van der Waals surface area (Å²) in [5.41, 5.74) is 2.27. The van der Waals surface area contributed by atoms with Crippen LogP contribution in [0, 0.1) is 0 Å². The fourth-order valence-corrected chi connectivity index (χ4v) is 3.40. The van der Waals surface area contributed by atoms with Crippen LogP contribution < -0.4 is 5.32 Å². The molecular weight excluding hydrogens is 328 g/mol. The molecule has 0 saturated carbocycles. The van der Waals surface area contributed by atoms with Gasteiger partial charge < -0.3 is 5.32 Å². The van der Waals surface area contributed by atoms with E-state index in [1.807, 2.05) is 24.0 Å². The molecule has 1 aliphatic heterocycles. The second-order valence-corrected chi connectivity index (χ2v) is 6.53. The van der Waals surface area contributed by atoms with Crippen LogP contribution >= 0.6 is 0 Å². The van der Waals surface area contributed by atoms with Crippen LogP contribution in [0.15, 0.2) is 43.2 Å². The number of anilines is 2. The lowest BCUT2D eigenvalue weighted by atomic mass is 9.98. The third-order valence-corrected chi connectivity index (χ3v) is 4.58. The molecule has 1 N–H and O–H groups in total. The van der Waals surface area contributed by atoms with Crippen LogP contribution in [0.5, 0.6) is 0 Å². The summed E-state index contributed by atoms with van der Waals surface area (Å²) < 4.78 is 1.85. The number of hydrogen-bond acceptors (Lipinski definition) is 7. The van der Waals surface area contributed by atoms with Crippen molar-refractivity contribution in [3.8, 4) is 0 Å². The lowest BCUT2D eigenvalue weighted by Gasteiger charge is -2.35. The summed E-state index contributed by atoms with van der Waals surface area (Å²) in [6.07, 6.45) is 14.3. The number of aryl methyl sites for hydroxylation is 1. The van der Waals surface area contributed by atoms with E-state index in [2.05, 4.69) is 36.5 Å². The molecule has 0 radical (unpaired) electrons. The number of likely N-dealkylation sites (tertiary alicyclic amines) is 1. The monoisotopic (exact) mass is 350 g/mol. The van der Waals surface area contributed by atoms with Gasteiger partial charge in [-0.1, -0.05) is 6.42 Å². The molecule has 0 spiro atoms. The molecule has 1 unspecified atom stereocenters. The Balaban J connectivity index is 1.53. The van der Waals surface area contributed by atoms with Crippen molar-refractivity contribution in [3.63, 3.8) is 0 Å². The van der Waals surface area contributed by atoms with Crippen molar-refractivity contribution in [2.24, 2.45) is 7.05 Å². The molecule has 0 aliphatic carbocycles. The van der Waals surface area contributed by atoms with Crippen molar-refractivity contribution in [3.05, 3.63) is 54.5 Å². The SMILES string of the molecule is Cn1cc(CN2CCCCC2c2ccnc(Nc3cnccn3)n2)cn1. The van der Waals surface area contributed by atoms with Gasteiger partial charge in [0.1, 0.15) is 0 Å². The molecule has 1 atom stereocenters. The Bertz CT molecular complexity index is 847. The molecule has 0 amide bonds. The molecule has 3 aromatic heterocycles. The lowest BCUT2D eigenvalue weighted by molar-refractivity contribution is 0.137. The molecule has 8 nitrogen and oxygen atoms in total. The third kappa shape index (κ3) is 3.85. The van der Waals surface area contributed by atoms with Crippen LogP contribution in [0.3, 0.4) is 0 Å². The molecular formula is C18H22N8. The second-order valence-electron chi connectivity index (χ2n) is 6.53. The standard InChI is InChI=1S/C18H22N8/c1-25-12-14(10-22-25)13-26-9-3-2-4-16(26)15-5-6-21-18(23-15)24-17-11-19-7-8-20-17/h5-8,10-12,16H,2-4,9,13H2,1H3,(H,20,21,23,24). The van der Waals surface area contributed by atoms with Gasteiger partial charge in [0.15, 0.2) is 5.82 Å². The quantitative estimate of drug-likeness (QED) is 0.756. The summed E-state index contributed by atoms with van der Waals surface area (Å²) in [5, 5.41) is 7.41. The Labute approximate surface area is 152 Å². The van der Waals surface area contributed by atoms with E-state index < -0.39 is 0 Å². The van der Waals surface area contributed by atoms with Crippen LogP contribution in [0.2, 0.25) is 0 Å². The van der Waals surface area contributed by atoms with Crippen LogP contribution in [-0.2, 0) is 13.6 Å². The first-order valence-corrected chi connectivity index (χ1v) is 8.85. The molecule has 0 bridgehead atoms. The van der Waals surface area contributed by atoms with Gasteiger partial charge in [-0.15, -0.1) is 0 Å². The predicted molar refractivity (Wildman–Crippen MR) is 97.6 cm³/mol. The zero-order chi connectivity index (χ0) is 17.8. The zero-order valence-electron chi connectivity index (χ0n) is 14.8. The van der Waals surface area contributed by atoms with Crippen LogP contribution in [0.25, 0.3) is 0 Å². The van der Waals surface area contributed by atoms with Crippen LogP contribution in [0.4, 0.5) is 11.8 Å². The van der Waals surface area contributed by atoms with Gasteiger partial charge >= 0.3 is 0 Å². The molecule has 134 valence electrons. The Morgan fingerprint density at radius 1 is 1.15 bits per heavy atom. The minimum atomic E-state index is 0.286. The fraction of sp³-hybridized carbons (Fsp3) is 0.389. The summed E-state index contributed by atoms with van der Waals surface area (Å²) in [6.45, 7) is 1.95. The maximum Gasteiger partial charge on any atom is 0.228 e. The van der Waals surface area contributed by atoms with Gasteiger partial charge in [-0.05, 0) is 25.5 Å². The first kappa shape index (κ1) is 16.6. The molecule has 1 saturated heterocycles. The van der Waals surface area contributed by atoms with E-state index in [-0.39, 0.29) is 6.04 Å². The Kier molecular flexibility index (Phi) is 4.83. The molecule has 1 fully saturated rings. The summed E-state index contributed by atoms with van der Waals surface area (Å²) >= 11 is 0. The van der Waals surface area contributed by atoms with Crippen molar-refractivity contribution in [1.29, 1.82) is 0 Å². The highest BCUT2D eigenvalue weighted by molar-refractivity contribution is 5.45. The van der Waals surface area contributed by atoms with Crippen molar-refractivity contribution in [2.75, 3.05) is 11.9 Å². The van der Waals surface area contributed by atoms with E-state index in [0.29, 0.717) is 11.8 Å². The Hall–Kier alpha value is -2.87. The van der Waals surface area contributed by atoms with E-state index in [1.54, 1.807) is 24.8 Å². The van der Waals surface area contributed by atoms with Gasteiger partial charge in [0, 0.05) is 43.9 Å². The lowest BCUT2D eigenvalue weighted by Crippen LogP contribution is -2.33. The summed E-state index contributed by atoms with van der Waals surface area (Å²) in [7, 11) is 1.95. The van der Waals surface area contributed by atoms with Crippen LogP contribution in [-0.4, -0.2) is 41.2 Å². The number of aromatic nitrogens is 6. The van der Waals surface area contributed by atoms with Gasteiger partial charge in [-0.25, -0.2) is 15.0 Å². The normalized spacial score (nSPS) is 18.0. The molecule has 4 heterocycles. The van der Waals surface area contributed by atoms with Gasteiger partial charge in [-0.3, -0.25) is 14.6 Å². The maximum absolute atomic E-state index is 4.74. The summed E-state index contributed by atoms with van der Waals surface area (Å²) in [4.78, 5) is 19.8. The highest BCUT2D eigenvalue weighted by atomic mass is 15.3. The maximum atomic E-state index is 4.74. The minimum Gasteiger partial charge on any atom is -0.307 e. The highest BCUT2D eigenvalue weighted by Crippen LogP contribution is 2.31. The average Bonchev–Trinajstić information content (AvgIpc) is 3.08. The van der Waals surface area contributed by atoms with Gasteiger partial charge in [0.25, 0.3) is 0 Å². The second kappa shape index (κ2) is 7.57. The largest absolute Gasteiger partial charge is 0.307 e. The Morgan fingerprint density at radius 2 is 2.12 bits per heavy atom. The summed E-state index contributed by atoms with van der Waals surface area (Å²) in [5.74, 6) is 1.19. The van der Waals surface area contributed by atoms with E-state index in [9.17, 15) is 0 Å². The van der Waals surface area contributed by atoms with Crippen LogP contribution in [0.1, 0.15) is 36.6 Å². The smallest absolute Gasteiger partial charge is 0.228 e. The fourth-order valence-electron chi connectivity index (χ4n) is 3.40. The highest BCUT2D eigenvalue weighted by Gasteiger charge is 2.25. The number of rotatable bonds is 5. The first-order chi connectivity index (χ1) is 12.8. The van der Waals surface area contributed by atoms with Crippen molar-refractivity contribution < 1.29 is 0 Å². The van der Waals surface area contributed by atoms with E-state index >= 15 is 0 Å². The topological polar surface area (TPSA) is 84.7 Å². The molecule has 8 heteroatoms. The van der Waals surface area contributed by atoms with Gasteiger partial charge in [0.05, 0.1) is 24.1 Å². The van der Waals surface area contributed by atoms with Crippen molar-refractivity contribution in [1.82, 2.24) is 34.6 Å². The average molecular weight is 350 g/mol. The van der Waals surface area contributed by atoms with Crippen molar-refractivity contribution in [2.45, 2.75) is 31.8 Å². The number of nitrogens with one attached hydrogen (secondary N) is 1. The Morgan fingerprint density at radius 3 is 2.92 bits per heavy atom. The van der Waals surface area contributed by atoms with Gasteiger partial charge in [0.2, 0.25) is 5.95 Å². The summed E-state index contributed by atoms with van der Waals surface area (Å²) in [6, 6.07) is 2.29. The third-order valence-electron chi connectivity index (χ3n) is 4.58. The molecule has 26 heavy (non-hydrogen) atoms.